The van der Waals surface area contributed by atoms with Gasteiger partial charge in [-0.3, -0.25) is 4.79 Å². The Balaban J connectivity index is 1.59. The third kappa shape index (κ3) is 4.39. The van der Waals surface area contributed by atoms with Gasteiger partial charge in [0, 0.05) is 31.5 Å². The maximum absolute atomic E-state index is 13.5. The van der Waals surface area contributed by atoms with E-state index < -0.39 is 6.04 Å². The lowest BCUT2D eigenvalue weighted by Gasteiger charge is -2.40. The summed E-state index contributed by atoms with van der Waals surface area (Å²) in [6.07, 6.45) is 6.59. The molecular formula is C25H33N3O3. The average Bonchev–Trinajstić information content (AvgIpc) is 3.53. The smallest absolute Gasteiger partial charge is 0.257 e. The number of hydrogen-bond donors (Lipinski definition) is 1. The fourth-order valence-corrected chi connectivity index (χ4v) is 4.95. The van der Waals surface area contributed by atoms with Crippen molar-refractivity contribution in [3.63, 3.8) is 0 Å². The van der Waals surface area contributed by atoms with Gasteiger partial charge in [0.1, 0.15) is 23.7 Å². The van der Waals surface area contributed by atoms with E-state index >= 15 is 0 Å². The topological polar surface area (TPSA) is 73.2 Å². The molecule has 2 aliphatic heterocycles. The van der Waals surface area contributed by atoms with Crippen molar-refractivity contribution in [3.8, 4) is 0 Å². The van der Waals surface area contributed by atoms with Crippen molar-refractivity contribution in [2.75, 3.05) is 13.1 Å². The minimum absolute atomic E-state index is 0.123. The van der Waals surface area contributed by atoms with E-state index in [2.05, 4.69) is 31.0 Å². The molecule has 1 unspecified atom stereocenters. The number of carbonyl (C=O) groups excluding carboxylic acids is 2. The zero-order chi connectivity index (χ0) is 22.0. The van der Waals surface area contributed by atoms with Crippen LogP contribution in [0.4, 0.5) is 0 Å². The third-order valence-electron chi connectivity index (χ3n) is 6.97. The van der Waals surface area contributed by atoms with E-state index in [-0.39, 0.29) is 29.3 Å². The highest BCUT2D eigenvalue weighted by atomic mass is 16.3. The molecule has 1 amide bonds. The molecule has 0 bridgehead atoms. The van der Waals surface area contributed by atoms with Gasteiger partial charge in [0.15, 0.2) is 0 Å². The average molecular weight is 424 g/mol. The minimum Gasteiger partial charge on any atom is -0.493 e. The lowest BCUT2D eigenvalue weighted by Crippen LogP contribution is -2.53. The van der Waals surface area contributed by atoms with Gasteiger partial charge in [-0.1, -0.05) is 43.7 Å². The minimum atomic E-state index is -0.775. The van der Waals surface area contributed by atoms with E-state index in [4.69, 9.17) is 0 Å². The molecule has 3 atom stereocenters. The standard InChI is InChI=1S/C25H33N3O3/c1-3-4-10-22-26-24(30)23(21(16-29)28(22)17(2)18-11-12-18)25(31)27-14-13-20(15-27)19-8-6-5-7-9-19/h5-9,16-18,20-21,30H,3-4,10-15H2,1-2H3/t17-,20+,21?/m1/s1. The van der Waals surface area contributed by atoms with Gasteiger partial charge in [-0.25, -0.2) is 4.99 Å². The Labute approximate surface area is 184 Å². The van der Waals surface area contributed by atoms with Gasteiger partial charge in [0.2, 0.25) is 5.88 Å². The zero-order valence-corrected chi connectivity index (χ0v) is 18.5. The molecule has 0 radical (unpaired) electrons. The summed E-state index contributed by atoms with van der Waals surface area (Å²) in [6.45, 7) is 5.43. The first-order valence-electron chi connectivity index (χ1n) is 11.6. The molecule has 0 spiro atoms. The van der Waals surface area contributed by atoms with E-state index in [1.54, 1.807) is 4.90 Å². The highest BCUT2D eigenvalue weighted by Gasteiger charge is 2.44. The molecule has 166 valence electrons. The summed E-state index contributed by atoms with van der Waals surface area (Å²) in [5.41, 5.74) is 1.35. The van der Waals surface area contributed by atoms with E-state index in [1.807, 2.05) is 23.1 Å². The highest BCUT2D eigenvalue weighted by Crippen LogP contribution is 2.39. The molecule has 1 aromatic carbocycles. The van der Waals surface area contributed by atoms with Crippen molar-refractivity contribution in [2.45, 2.75) is 70.4 Å². The molecule has 2 heterocycles. The van der Waals surface area contributed by atoms with Gasteiger partial charge in [-0.15, -0.1) is 0 Å². The Hall–Kier alpha value is -2.63. The van der Waals surface area contributed by atoms with Gasteiger partial charge in [0.05, 0.1) is 0 Å². The van der Waals surface area contributed by atoms with Crippen LogP contribution < -0.4 is 0 Å². The maximum Gasteiger partial charge on any atom is 0.257 e. The first-order valence-corrected chi connectivity index (χ1v) is 11.6. The van der Waals surface area contributed by atoms with Crippen LogP contribution in [0.25, 0.3) is 0 Å². The predicted octanol–water partition coefficient (Wildman–Crippen LogP) is 4.04. The fraction of sp³-hybridized carbons (Fsp3) is 0.560. The van der Waals surface area contributed by atoms with E-state index in [0.717, 1.165) is 44.2 Å². The summed E-state index contributed by atoms with van der Waals surface area (Å²) in [5, 5.41) is 10.8. The van der Waals surface area contributed by atoms with Crippen molar-refractivity contribution in [1.29, 1.82) is 0 Å². The lowest BCUT2D eigenvalue weighted by molar-refractivity contribution is -0.128. The zero-order valence-electron chi connectivity index (χ0n) is 18.5. The first-order chi connectivity index (χ1) is 15.0. The number of likely N-dealkylation sites (tertiary alicyclic amines) is 1. The van der Waals surface area contributed by atoms with Crippen LogP contribution in [-0.2, 0) is 9.59 Å². The number of benzene rings is 1. The van der Waals surface area contributed by atoms with E-state index in [9.17, 15) is 14.7 Å². The van der Waals surface area contributed by atoms with E-state index in [1.165, 1.54) is 5.56 Å². The van der Waals surface area contributed by atoms with Crippen LogP contribution in [0.2, 0.25) is 0 Å². The monoisotopic (exact) mass is 423 g/mol. The maximum atomic E-state index is 13.5. The Morgan fingerprint density at radius 2 is 2.00 bits per heavy atom. The normalized spacial score (nSPS) is 24.9. The number of aliphatic hydroxyl groups is 1. The number of nitrogens with zero attached hydrogens (tertiary/aromatic N) is 3. The Morgan fingerprint density at radius 1 is 1.26 bits per heavy atom. The van der Waals surface area contributed by atoms with Crippen LogP contribution in [0.3, 0.4) is 0 Å². The number of carbonyl (C=O) groups is 2. The summed E-state index contributed by atoms with van der Waals surface area (Å²) in [6, 6.07) is 9.55. The second-order valence-corrected chi connectivity index (χ2v) is 9.08. The number of aliphatic imine (C=N–C) groups is 1. The molecule has 2 fully saturated rings. The molecule has 1 aliphatic carbocycles. The Kier molecular flexibility index (Phi) is 6.44. The molecule has 0 aromatic heterocycles. The van der Waals surface area contributed by atoms with E-state index in [0.29, 0.717) is 25.4 Å². The summed E-state index contributed by atoms with van der Waals surface area (Å²) >= 11 is 0. The van der Waals surface area contributed by atoms with Crippen LogP contribution in [0.1, 0.15) is 63.9 Å². The molecule has 1 aromatic rings. The second kappa shape index (κ2) is 9.25. The summed E-state index contributed by atoms with van der Waals surface area (Å²) in [5.74, 6) is 0.974. The number of amidine groups is 1. The lowest BCUT2D eigenvalue weighted by atomic mass is 9.98. The molecule has 31 heavy (non-hydrogen) atoms. The second-order valence-electron chi connectivity index (χ2n) is 9.08. The number of aliphatic hydroxyl groups excluding tert-OH is 1. The molecule has 6 nitrogen and oxygen atoms in total. The van der Waals surface area contributed by atoms with Crippen molar-refractivity contribution in [3.05, 3.63) is 47.4 Å². The van der Waals surface area contributed by atoms with Crippen molar-refractivity contribution in [2.24, 2.45) is 10.9 Å². The van der Waals surface area contributed by atoms with Crippen molar-refractivity contribution < 1.29 is 14.7 Å². The first kappa shape index (κ1) is 21.6. The van der Waals surface area contributed by atoms with Gasteiger partial charge in [0.25, 0.3) is 5.91 Å². The molecular weight excluding hydrogens is 390 g/mol. The summed E-state index contributed by atoms with van der Waals surface area (Å²) in [4.78, 5) is 34.0. The quantitative estimate of drug-likeness (QED) is 0.641. The SMILES string of the molecule is CCCCC1=NC(O)=C(C(=O)N2CC[C@H](c3ccccc3)C2)C(C=O)N1[C@H](C)C1CC1. The Morgan fingerprint density at radius 3 is 2.65 bits per heavy atom. The molecule has 1 N–H and O–H groups in total. The number of amides is 1. The number of hydrogen-bond acceptors (Lipinski definition) is 5. The summed E-state index contributed by atoms with van der Waals surface area (Å²) < 4.78 is 0. The fourth-order valence-electron chi connectivity index (χ4n) is 4.95. The van der Waals surface area contributed by atoms with Crippen LogP contribution in [0.15, 0.2) is 46.8 Å². The largest absolute Gasteiger partial charge is 0.493 e. The third-order valence-corrected chi connectivity index (χ3v) is 6.97. The van der Waals surface area contributed by atoms with Crippen molar-refractivity contribution in [1.82, 2.24) is 9.80 Å². The molecule has 3 aliphatic rings. The highest BCUT2D eigenvalue weighted by molar-refractivity contribution is 6.02. The number of unbranched alkanes of at least 4 members (excludes halogenated alkanes) is 1. The van der Waals surface area contributed by atoms with Crippen LogP contribution in [0.5, 0.6) is 0 Å². The van der Waals surface area contributed by atoms with Gasteiger partial charge < -0.3 is 19.7 Å². The molecule has 1 saturated carbocycles. The molecule has 1 saturated heterocycles. The van der Waals surface area contributed by atoms with Crippen LogP contribution in [-0.4, -0.2) is 58.1 Å². The van der Waals surface area contributed by atoms with Gasteiger partial charge >= 0.3 is 0 Å². The number of aldehydes is 1. The molecule has 4 rings (SSSR count). The van der Waals surface area contributed by atoms with Gasteiger partial charge in [-0.05, 0) is 44.1 Å². The van der Waals surface area contributed by atoms with Gasteiger partial charge in [-0.2, -0.15) is 0 Å². The van der Waals surface area contributed by atoms with Crippen LogP contribution in [0, 0.1) is 5.92 Å². The van der Waals surface area contributed by atoms with Crippen LogP contribution >= 0.6 is 0 Å². The predicted molar refractivity (Wildman–Crippen MR) is 121 cm³/mol. The number of rotatable bonds is 8. The van der Waals surface area contributed by atoms with Crippen molar-refractivity contribution >= 4 is 18.0 Å². The molecule has 6 heteroatoms. The summed E-state index contributed by atoms with van der Waals surface area (Å²) in [7, 11) is 0. The Bertz CT molecular complexity index is 875.